The highest BCUT2D eigenvalue weighted by molar-refractivity contribution is 5.88. The van der Waals surface area contributed by atoms with E-state index in [1.54, 1.807) is 6.92 Å². The Balaban J connectivity index is 2.36. The lowest BCUT2D eigenvalue weighted by atomic mass is 10.3. The van der Waals surface area contributed by atoms with Crippen LogP contribution >= 0.6 is 0 Å². The summed E-state index contributed by atoms with van der Waals surface area (Å²) >= 11 is 0. The molecule has 21 heavy (non-hydrogen) atoms. The Bertz CT molecular complexity index is 701. The minimum absolute atomic E-state index is 0.0662. The molecule has 0 saturated carbocycles. The molecule has 0 bridgehead atoms. The molecule has 0 aliphatic rings. The summed E-state index contributed by atoms with van der Waals surface area (Å²) in [6, 6.07) is 1.81. The van der Waals surface area contributed by atoms with Crippen LogP contribution in [0.1, 0.15) is 22.8 Å². The van der Waals surface area contributed by atoms with Crippen LogP contribution in [0.5, 0.6) is 0 Å². The minimum Gasteiger partial charge on any atom is -0.462 e. The zero-order valence-corrected chi connectivity index (χ0v) is 10.8. The Morgan fingerprint density at radius 3 is 2.67 bits per heavy atom. The van der Waals surface area contributed by atoms with Gasteiger partial charge in [-0.15, -0.1) is 0 Å². The number of carbonyl (C=O) groups is 1. The highest BCUT2D eigenvalue weighted by Crippen LogP contribution is 2.28. The first-order valence-electron chi connectivity index (χ1n) is 5.85. The predicted molar refractivity (Wildman–Crippen MR) is 65.1 cm³/mol. The molecule has 0 spiro atoms. The Morgan fingerprint density at radius 1 is 1.43 bits per heavy atom. The van der Waals surface area contributed by atoms with Crippen LogP contribution in [0.2, 0.25) is 0 Å². The number of carbonyl (C=O) groups excluding carboxylic acids is 1. The number of halogens is 3. The van der Waals surface area contributed by atoms with Crippen LogP contribution in [0.25, 0.3) is 5.82 Å². The molecule has 9 heteroatoms. The number of H-pyrrole nitrogens is 1. The fraction of sp³-hybridized carbons (Fsp3) is 0.250. The average molecular weight is 301 g/mol. The third kappa shape index (κ3) is 2.96. The van der Waals surface area contributed by atoms with Gasteiger partial charge in [-0.1, -0.05) is 0 Å². The number of pyridine rings is 1. The first kappa shape index (κ1) is 14.8. The second kappa shape index (κ2) is 5.43. The fourth-order valence-electron chi connectivity index (χ4n) is 1.58. The number of hydrogen-bond acceptors (Lipinski definition) is 4. The van der Waals surface area contributed by atoms with Gasteiger partial charge in [0, 0.05) is 12.4 Å². The molecule has 0 aliphatic heterocycles. The topological polar surface area (TPSA) is 77.0 Å². The van der Waals surface area contributed by atoms with Crippen molar-refractivity contribution in [3.05, 3.63) is 46.0 Å². The SMILES string of the molecule is CCOC(=O)c1c[nH]n(-c2ccc(C(F)(F)F)cn2)c1=O. The van der Waals surface area contributed by atoms with Crippen LogP contribution in [-0.4, -0.2) is 27.3 Å². The summed E-state index contributed by atoms with van der Waals surface area (Å²) in [5.74, 6) is -0.882. The van der Waals surface area contributed by atoms with E-state index in [1.807, 2.05) is 0 Å². The van der Waals surface area contributed by atoms with Crippen molar-refractivity contribution in [2.75, 3.05) is 6.61 Å². The molecule has 0 fully saturated rings. The van der Waals surface area contributed by atoms with Crippen molar-refractivity contribution in [3.63, 3.8) is 0 Å². The molecule has 2 aromatic heterocycles. The van der Waals surface area contributed by atoms with E-state index < -0.39 is 23.3 Å². The Labute approximate surface area is 116 Å². The van der Waals surface area contributed by atoms with Gasteiger partial charge in [-0.2, -0.15) is 13.2 Å². The molecule has 0 atom stereocenters. The number of nitrogens with zero attached hydrogens (tertiary/aromatic N) is 2. The summed E-state index contributed by atoms with van der Waals surface area (Å²) in [5.41, 5.74) is -1.93. The molecular formula is C12H10F3N3O3. The lowest BCUT2D eigenvalue weighted by Crippen LogP contribution is -2.22. The molecule has 0 saturated heterocycles. The highest BCUT2D eigenvalue weighted by Gasteiger charge is 2.30. The van der Waals surface area contributed by atoms with E-state index in [0.717, 1.165) is 23.0 Å². The molecule has 0 aromatic carbocycles. The second-order valence-corrected chi connectivity index (χ2v) is 3.95. The molecule has 2 aromatic rings. The molecule has 0 radical (unpaired) electrons. The molecule has 1 N–H and O–H groups in total. The maximum atomic E-state index is 12.4. The zero-order chi connectivity index (χ0) is 15.6. The van der Waals surface area contributed by atoms with Crippen molar-refractivity contribution in [3.8, 4) is 5.82 Å². The molecule has 0 amide bonds. The minimum atomic E-state index is -4.51. The smallest absolute Gasteiger partial charge is 0.417 e. The Kier molecular flexibility index (Phi) is 3.83. The van der Waals surface area contributed by atoms with E-state index in [1.165, 1.54) is 0 Å². The summed E-state index contributed by atoms with van der Waals surface area (Å²) in [6.07, 6.45) is -2.80. The highest BCUT2D eigenvalue weighted by atomic mass is 19.4. The fourth-order valence-corrected chi connectivity index (χ4v) is 1.58. The van der Waals surface area contributed by atoms with Gasteiger partial charge in [0.25, 0.3) is 5.56 Å². The summed E-state index contributed by atoms with van der Waals surface area (Å²) < 4.78 is 42.8. The van der Waals surface area contributed by atoms with Crippen molar-refractivity contribution < 1.29 is 22.7 Å². The lowest BCUT2D eigenvalue weighted by Gasteiger charge is -2.06. The molecule has 2 heterocycles. The van der Waals surface area contributed by atoms with E-state index in [-0.39, 0.29) is 18.0 Å². The molecule has 0 aliphatic carbocycles. The summed E-state index contributed by atoms with van der Waals surface area (Å²) in [5, 5.41) is 2.45. The van der Waals surface area contributed by atoms with Gasteiger partial charge in [0.2, 0.25) is 0 Å². The average Bonchev–Trinajstić information content (AvgIpc) is 2.80. The van der Waals surface area contributed by atoms with Gasteiger partial charge >= 0.3 is 12.1 Å². The van der Waals surface area contributed by atoms with Crippen LogP contribution < -0.4 is 5.56 Å². The van der Waals surface area contributed by atoms with E-state index in [2.05, 4.69) is 14.8 Å². The van der Waals surface area contributed by atoms with Gasteiger partial charge in [0.05, 0.1) is 12.2 Å². The number of aromatic nitrogens is 3. The van der Waals surface area contributed by atoms with Gasteiger partial charge in [-0.25, -0.2) is 14.5 Å². The van der Waals surface area contributed by atoms with Gasteiger partial charge in [0.1, 0.15) is 5.56 Å². The zero-order valence-electron chi connectivity index (χ0n) is 10.8. The summed E-state index contributed by atoms with van der Waals surface area (Å²) in [6.45, 7) is 1.68. The first-order valence-corrected chi connectivity index (χ1v) is 5.85. The van der Waals surface area contributed by atoms with Crippen molar-refractivity contribution in [2.45, 2.75) is 13.1 Å². The normalized spacial score (nSPS) is 11.4. The number of aromatic amines is 1. The molecule has 0 unspecified atom stereocenters. The van der Waals surface area contributed by atoms with Crippen LogP contribution in [0.4, 0.5) is 13.2 Å². The van der Waals surface area contributed by atoms with Crippen LogP contribution in [0.3, 0.4) is 0 Å². The number of rotatable bonds is 3. The molecule has 112 valence electrons. The third-order valence-corrected chi connectivity index (χ3v) is 2.57. The Hall–Kier alpha value is -2.58. The van der Waals surface area contributed by atoms with Crippen LogP contribution in [0, 0.1) is 0 Å². The van der Waals surface area contributed by atoms with Crippen molar-refractivity contribution in [1.82, 2.24) is 14.8 Å². The van der Waals surface area contributed by atoms with Gasteiger partial charge < -0.3 is 4.74 Å². The van der Waals surface area contributed by atoms with E-state index in [9.17, 15) is 22.8 Å². The number of ether oxygens (including phenoxy) is 1. The van der Waals surface area contributed by atoms with Crippen molar-refractivity contribution in [2.24, 2.45) is 0 Å². The third-order valence-electron chi connectivity index (χ3n) is 2.57. The summed E-state index contributed by atoms with van der Waals surface area (Å²) in [4.78, 5) is 27.0. The summed E-state index contributed by atoms with van der Waals surface area (Å²) in [7, 11) is 0. The van der Waals surface area contributed by atoms with Crippen molar-refractivity contribution >= 4 is 5.97 Å². The number of hydrogen-bond donors (Lipinski definition) is 1. The maximum Gasteiger partial charge on any atom is 0.417 e. The number of nitrogens with one attached hydrogen (secondary N) is 1. The predicted octanol–water partition coefficient (Wildman–Crippen LogP) is 1.76. The monoisotopic (exact) mass is 301 g/mol. The van der Waals surface area contributed by atoms with E-state index in [0.29, 0.717) is 6.20 Å². The number of alkyl halides is 3. The lowest BCUT2D eigenvalue weighted by molar-refractivity contribution is -0.137. The standard InChI is InChI=1S/C12H10F3N3O3/c1-2-21-11(20)8-6-17-18(10(8)19)9-4-3-7(5-16-9)12(13,14)15/h3-6,17H,2H2,1H3. The molecule has 6 nitrogen and oxygen atoms in total. The first-order chi connectivity index (χ1) is 9.84. The van der Waals surface area contributed by atoms with E-state index >= 15 is 0 Å². The van der Waals surface area contributed by atoms with E-state index in [4.69, 9.17) is 0 Å². The second-order valence-electron chi connectivity index (χ2n) is 3.95. The van der Waals surface area contributed by atoms with Gasteiger partial charge in [-0.3, -0.25) is 9.89 Å². The van der Waals surface area contributed by atoms with Crippen molar-refractivity contribution in [1.29, 1.82) is 0 Å². The molecule has 2 rings (SSSR count). The Morgan fingerprint density at radius 2 is 2.14 bits per heavy atom. The molecular weight excluding hydrogens is 291 g/mol. The van der Waals surface area contributed by atoms with Crippen LogP contribution in [0.15, 0.2) is 29.3 Å². The maximum absolute atomic E-state index is 12.4. The van der Waals surface area contributed by atoms with Gasteiger partial charge in [0.15, 0.2) is 5.82 Å². The quantitative estimate of drug-likeness (QED) is 0.876. The van der Waals surface area contributed by atoms with Gasteiger partial charge in [-0.05, 0) is 19.1 Å². The largest absolute Gasteiger partial charge is 0.462 e. The number of esters is 1. The van der Waals surface area contributed by atoms with Crippen LogP contribution in [-0.2, 0) is 10.9 Å².